The van der Waals surface area contributed by atoms with E-state index in [1.807, 2.05) is 30.3 Å². The van der Waals surface area contributed by atoms with Crippen molar-refractivity contribution in [1.29, 1.82) is 5.26 Å². The molecule has 0 aliphatic heterocycles. The molecule has 0 unspecified atom stereocenters. The molecule has 6 nitrogen and oxygen atoms in total. The van der Waals surface area contributed by atoms with Crippen molar-refractivity contribution in [3.8, 4) is 11.8 Å². The molecule has 6 heteroatoms. The number of hydrogen-bond acceptors (Lipinski definition) is 6. The SMILES string of the molecule is COc1ccccc1Nc1cc(NCC#N)ncn1. The maximum Gasteiger partial charge on any atom is 0.142 e. The van der Waals surface area contributed by atoms with Gasteiger partial charge in [0, 0.05) is 6.07 Å². The Morgan fingerprint density at radius 3 is 2.84 bits per heavy atom. The lowest BCUT2D eigenvalue weighted by Crippen LogP contribution is -2.03. The van der Waals surface area contributed by atoms with Gasteiger partial charge < -0.3 is 15.4 Å². The van der Waals surface area contributed by atoms with Crippen LogP contribution in [0.1, 0.15) is 0 Å². The Bertz CT molecular complexity index is 594. The molecule has 1 heterocycles. The van der Waals surface area contributed by atoms with Gasteiger partial charge in [-0.25, -0.2) is 9.97 Å². The minimum atomic E-state index is 0.200. The summed E-state index contributed by atoms with van der Waals surface area (Å²) in [6.07, 6.45) is 1.43. The van der Waals surface area contributed by atoms with E-state index in [1.165, 1.54) is 6.33 Å². The third kappa shape index (κ3) is 3.33. The van der Waals surface area contributed by atoms with Gasteiger partial charge in [0.1, 0.15) is 30.3 Å². The van der Waals surface area contributed by atoms with Crippen molar-refractivity contribution in [2.75, 3.05) is 24.3 Å². The van der Waals surface area contributed by atoms with Gasteiger partial charge in [-0.1, -0.05) is 12.1 Å². The number of para-hydroxylation sites is 2. The summed E-state index contributed by atoms with van der Waals surface area (Å²) < 4.78 is 5.25. The Labute approximate surface area is 111 Å². The molecule has 96 valence electrons. The first-order chi connectivity index (χ1) is 9.33. The molecular weight excluding hydrogens is 242 g/mol. The van der Waals surface area contributed by atoms with E-state index in [0.717, 1.165) is 11.4 Å². The molecule has 2 aromatic rings. The largest absolute Gasteiger partial charge is 0.495 e. The minimum absolute atomic E-state index is 0.200. The van der Waals surface area contributed by atoms with Gasteiger partial charge in [-0.2, -0.15) is 5.26 Å². The first-order valence-electron chi connectivity index (χ1n) is 5.66. The maximum atomic E-state index is 8.51. The number of hydrogen-bond donors (Lipinski definition) is 2. The van der Waals surface area contributed by atoms with Crippen LogP contribution in [0.4, 0.5) is 17.3 Å². The second-order valence-electron chi connectivity index (χ2n) is 3.63. The summed E-state index contributed by atoms with van der Waals surface area (Å²) >= 11 is 0. The molecule has 0 spiro atoms. The van der Waals surface area contributed by atoms with E-state index in [-0.39, 0.29) is 6.54 Å². The molecule has 2 N–H and O–H groups in total. The van der Waals surface area contributed by atoms with Crippen LogP contribution in [0.25, 0.3) is 0 Å². The topological polar surface area (TPSA) is 82.9 Å². The van der Waals surface area contributed by atoms with E-state index in [2.05, 4.69) is 20.6 Å². The number of nitriles is 1. The summed E-state index contributed by atoms with van der Waals surface area (Å²) in [5.74, 6) is 1.95. The van der Waals surface area contributed by atoms with Crippen LogP contribution in [0.15, 0.2) is 36.7 Å². The number of benzene rings is 1. The molecule has 0 fully saturated rings. The summed E-state index contributed by atoms with van der Waals surface area (Å²) in [7, 11) is 1.61. The second kappa shape index (κ2) is 6.21. The van der Waals surface area contributed by atoms with Crippen molar-refractivity contribution in [1.82, 2.24) is 9.97 Å². The lowest BCUT2D eigenvalue weighted by molar-refractivity contribution is 0.417. The van der Waals surface area contributed by atoms with Gasteiger partial charge >= 0.3 is 0 Å². The molecule has 0 bridgehead atoms. The van der Waals surface area contributed by atoms with Crippen LogP contribution >= 0.6 is 0 Å². The first kappa shape index (κ1) is 12.6. The Morgan fingerprint density at radius 1 is 1.26 bits per heavy atom. The van der Waals surface area contributed by atoms with E-state index < -0.39 is 0 Å². The van der Waals surface area contributed by atoms with Crippen LogP contribution < -0.4 is 15.4 Å². The van der Waals surface area contributed by atoms with Crippen molar-refractivity contribution < 1.29 is 4.74 Å². The normalized spacial score (nSPS) is 9.47. The molecule has 0 saturated carbocycles. The third-order valence-corrected chi connectivity index (χ3v) is 2.39. The Balaban J connectivity index is 2.17. The average Bonchev–Trinajstić information content (AvgIpc) is 2.46. The molecule has 0 atom stereocenters. The fourth-order valence-electron chi connectivity index (χ4n) is 1.54. The van der Waals surface area contributed by atoms with Gasteiger partial charge in [0.05, 0.1) is 18.9 Å². The number of nitrogens with one attached hydrogen (secondary N) is 2. The van der Waals surface area contributed by atoms with E-state index in [4.69, 9.17) is 10.00 Å². The summed E-state index contributed by atoms with van der Waals surface area (Å²) in [5.41, 5.74) is 0.815. The van der Waals surface area contributed by atoms with Crippen LogP contribution in [0.5, 0.6) is 5.75 Å². The number of anilines is 3. The van der Waals surface area contributed by atoms with Gasteiger partial charge in [0.2, 0.25) is 0 Å². The molecule has 2 rings (SSSR count). The number of ether oxygens (including phenoxy) is 1. The fraction of sp³-hybridized carbons (Fsp3) is 0.154. The van der Waals surface area contributed by atoms with Gasteiger partial charge in [0.15, 0.2) is 0 Å². The number of aromatic nitrogens is 2. The summed E-state index contributed by atoms with van der Waals surface area (Å²) in [4.78, 5) is 8.13. The Hall–Kier alpha value is -2.81. The van der Waals surface area contributed by atoms with Gasteiger partial charge in [-0.15, -0.1) is 0 Å². The zero-order valence-electron chi connectivity index (χ0n) is 10.4. The second-order valence-corrected chi connectivity index (χ2v) is 3.63. The lowest BCUT2D eigenvalue weighted by Gasteiger charge is -2.10. The highest BCUT2D eigenvalue weighted by molar-refractivity contribution is 5.65. The molecule has 1 aromatic carbocycles. The molecule has 0 saturated heterocycles. The van der Waals surface area contributed by atoms with Crippen molar-refractivity contribution in [2.45, 2.75) is 0 Å². The summed E-state index contributed by atoms with van der Waals surface area (Å²) in [5, 5.41) is 14.5. The first-order valence-corrected chi connectivity index (χ1v) is 5.66. The van der Waals surface area contributed by atoms with E-state index in [0.29, 0.717) is 11.6 Å². The van der Waals surface area contributed by atoms with Gasteiger partial charge in [-0.05, 0) is 12.1 Å². The molecule has 19 heavy (non-hydrogen) atoms. The molecular formula is C13H13N5O. The van der Waals surface area contributed by atoms with Crippen LogP contribution in [0.3, 0.4) is 0 Å². The Morgan fingerprint density at radius 2 is 2.05 bits per heavy atom. The van der Waals surface area contributed by atoms with Crippen molar-refractivity contribution in [2.24, 2.45) is 0 Å². The third-order valence-electron chi connectivity index (χ3n) is 2.39. The molecule has 1 aromatic heterocycles. The molecule has 0 amide bonds. The lowest BCUT2D eigenvalue weighted by atomic mass is 10.3. The molecule has 0 aliphatic carbocycles. The fourth-order valence-corrected chi connectivity index (χ4v) is 1.54. The zero-order valence-corrected chi connectivity index (χ0v) is 10.4. The predicted molar refractivity (Wildman–Crippen MR) is 72.4 cm³/mol. The van der Waals surface area contributed by atoms with Gasteiger partial charge in [0.25, 0.3) is 0 Å². The van der Waals surface area contributed by atoms with E-state index >= 15 is 0 Å². The Kier molecular flexibility index (Phi) is 4.13. The van der Waals surface area contributed by atoms with Crippen LogP contribution in [0.2, 0.25) is 0 Å². The van der Waals surface area contributed by atoms with Crippen LogP contribution in [-0.2, 0) is 0 Å². The summed E-state index contributed by atoms with van der Waals surface area (Å²) in [6.45, 7) is 0.200. The quantitative estimate of drug-likeness (QED) is 0.797. The minimum Gasteiger partial charge on any atom is -0.495 e. The maximum absolute atomic E-state index is 8.51. The monoisotopic (exact) mass is 255 g/mol. The summed E-state index contributed by atoms with van der Waals surface area (Å²) in [6, 6.07) is 11.3. The molecule has 0 radical (unpaired) electrons. The number of methoxy groups -OCH3 is 1. The smallest absolute Gasteiger partial charge is 0.142 e. The predicted octanol–water partition coefficient (Wildman–Crippen LogP) is 2.16. The average molecular weight is 255 g/mol. The highest BCUT2D eigenvalue weighted by Crippen LogP contribution is 2.26. The highest BCUT2D eigenvalue weighted by atomic mass is 16.5. The number of rotatable bonds is 5. The van der Waals surface area contributed by atoms with E-state index in [1.54, 1.807) is 13.2 Å². The van der Waals surface area contributed by atoms with Crippen molar-refractivity contribution in [3.05, 3.63) is 36.7 Å². The number of nitrogens with zero attached hydrogens (tertiary/aromatic N) is 3. The zero-order chi connectivity index (χ0) is 13.5. The highest BCUT2D eigenvalue weighted by Gasteiger charge is 2.03. The van der Waals surface area contributed by atoms with Crippen LogP contribution in [0, 0.1) is 11.3 Å². The standard InChI is InChI=1S/C13H13N5O/c1-19-11-5-3-2-4-10(11)18-13-8-12(15-7-6-14)16-9-17-13/h2-5,8-9H,7H2,1H3,(H2,15,16,17,18). The molecule has 0 aliphatic rings. The van der Waals surface area contributed by atoms with Crippen molar-refractivity contribution >= 4 is 17.3 Å². The van der Waals surface area contributed by atoms with Crippen LogP contribution in [-0.4, -0.2) is 23.6 Å². The van der Waals surface area contributed by atoms with Crippen molar-refractivity contribution in [3.63, 3.8) is 0 Å². The van der Waals surface area contributed by atoms with Gasteiger partial charge in [-0.3, -0.25) is 0 Å². The van der Waals surface area contributed by atoms with E-state index in [9.17, 15) is 0 Å².